The summed E-state index contributed by atoms with van der Waals surface area (Å²) < 4.78 is 2.02. The Morgan fingerprint density at radius 1 is 1.50 bits per heavy atom. The van der Waals surface area contributed by atoms with Crippen LogP contribution in [0.25, 0.3) is 10.2 Å². The van der Waals surface area contributed by atoms with Crippen LogP contribution >= 0.6 is 23.7 Å². The molecule has 0 spiro atoms. The third kappa shape index (κ3) is 1.18. The van der Waals surface area contributed by atoms with Crippen LogP contribution in [0.4, 0.5) is 0 Å². The second kappa shape index (κ2) is 3.37. The highest BCUT2D eigenvalue weighted by molar-refractivity contribution is 7.16. The zero-order chi connectivity index (χ0) is 8.84. The molecule has 1 aliphatic rings. The SMILES string of the molecule is Cl.N=c1c2ccsc2nc2n1CCC2. The standard InChI is InChI=1S/C9H9N3S.ClH/c10-8-6-3-5-13-9(6)11-7-2-1-4-12(7)8;/h3,5,10H,1-2,4H2;1H. The van der Waals surface area contributed by atoms with Gasteiger partial charge in [0, 0.05) is 13.0 Å². The number of fused-ring (bicyclic) bond motifs is 2. The van der Waals surface area contributed by atoms with Crippen LogP contribution < -0.4 is 5.49 Å². The van der Waals surface area contributed by atoms with Gasteiger partial charge < -0.3 is 4.57 Å². The first kappa shape index (κ1) is 9.68. The van der Waals surface area contributed by atoms with Crippen molar-refractivity contribution in [2.75, 3.05) is 0 Å². The minimum absolute atomic E-state index is 0. The van der Waals surface area contributed by atoms with Crippen molar-refractivity contribution in [2.24, 2.45) is 0 Å². The van der Waals surface area contributed by atoms with E-state index in [2.05, 4.69) is 4.98 Å². The van der Waals surface area contributed by atoms with Gasteiger partial charge in [-0.1, -0.05) is 0 Å². The molecule has 2 aromatic heterocycles. The summed E-state index contributed by atoms with van der Waals surface area (Å²) in [5, 5.41) is 11.0. The lowest BCUT2D eigenvalue weighted by Crippen LogP contribution is -2.20. The molecule has 0 radical (unpaired) electrons. The number of aromatic nitrogens is 2. The summed E-state index contributed by atoms with van der Waals surface area (Å²) in [5.41, 5.74) is 0.638. The molecule has 0 aromatic carbocycles. The summed E-state index contributed by atoms with van der Waals surface area (Å²) >= 11 is 1.62. The fraction of sp³-hybridized carbons (Fsp3) is 0.333. The zero-order valence-corrected chi connectivity index (χ0v) is 9.12. The first-order valence-corrected chi connectivity index (χ1v) is 5.26. The van der Waals surface area contributed by atoms with Gasteiger partial charge in [-0.25, -0.2) is 4.98 Å². The van der Waals surface area contributed by atoms with E-state index in [1.165, 1.54) is 0 Å². The first-order valence-electron chi connectivity index (χ1n) is 4.38. The molecule has 0 aliphatic carbocycles. The Kier molecular flexibility index (Phi) is 2.33. The van der Waals surface area contributed by atoms with Crippen LogP contribution in [0, 0.1) is 5.41 Å². The Morgan fingerprint density at radius 2 is 2.36 bits per heavy atom. The number of nitrogens with one attached hydrogen (secondary N) is 1. The van der Waals surface area contributed by atoms with Crippen molar-refractivity contribution in [1.82, 2.24) is 9.55 Å². The van der Waals surface area contributed by atoms with Crippen molar-refractivity contribution in [3.05, 3.63) is 22.8 Å². The predicted octanol–water partition coefficient (Wildman–Crippen LogP) is 1.95. The van der Waals surface area contributed by atoms with Crippen LogP contribution in [0.3, 0.4) is 0 Å². The Bertz CT molecular complexity index is 528. The largest absolute Gasteiger partial charge is 0.314 e. The Labute approximate surface area is 91.3 Å². The summed E-state index contributed by atoms with van der Waals surface area (Å²) in [7, 11) is 0. The monoisotopic (exact) mass is 227 g/mol. The summed E-state index contributed by atoms with van der Waals surface area (Å²) in [6.45, 7) is 0.965. The van der Waals surface area contributed by atoms with Gasteiger partial charge in [-0.2, -0.15) is 0 Å². The smallest absolute Gasteiger partial charge is 0.136 e. The molecule has 0 unspecified atom stereocenters. The van der Waals surface area contributed by atoms with E-state index in [-0.39, 0.29) is 12.4 Å². The molecule has 14 heavy (non-hydrogen) atoms. The van der Waals surface area contributed by atoms with E-state index < -0.39 is 0 Å². The molecular weight excluding hydrogens is 218 g/mol. The molecule has 0 amide bonds. The quantitative estimate of drug-likeness (QED) is 0.735. The fourth-order valence-electron chi connectivity index (χ4n) is 1.85. The van der Waals surface area contributed by atoms with Gasteiger partial charge in [0.25, 0.3) is 0 Å². The maximum Gasteiger partial charge on any atom is 0.136 e. The highest BCUT2D eigenvalue weighted by Crippen LogP contribution is 2.18. The number of rotatable bonds is 0. The molecule has 3 nitrogen and oxygen atoms in total. The lowest BCUT2D eigenvalue weighted by Gasteiger charge is -2.02. The van der Waals surface area contributed by atoms with Crippen molar-refractivity contribution in [3.63, 3.8) is 0 Å². The van der Waals surface area contributed by atoms with Gasteiger partial charge in [-0.15, -0.1) is 23.7 Å². The molecule has 0 saturated carbocycles. The van der Waals surface area contributed by atoms with Gasteiger partial charge >= 0.3 is 0 Å². The van der Waals surface area contributed by atoms with Gasteiger partial charge in [0.2, 0.25) is 0 Å². The van der Waals surface area contributed by atoms with E-state index in [0.717, 1.165) is 35.4 Å². The lowest BCUT2D eigenvalue weighted by molar-refractivity contribution is 0.699. The van der Waals surface area contributed by atoms with Crippen LogP contribution in [-0.4, -0.2) is 9.55 Å². The zero-order valence-electron chi connectivity index (χ0n) is 7.49. The summed E-state index contributed by atoms with van der Waals surface area (Å²) in [4.78, 5) is 5.55. The predicted molar refractivity (Wildman–Crippen MR) is 59.0 cm³/mol. The van der Waals surface area contributed by atoms with Gasteiger partial charge in [0.15, 0.2) is 0 Å². The normalized spacial score (nSPS) is 14.0. The maximum absolute atomic E-state index is 7.97. The minimum Gasteiger partial charge on any atom is -0.314 e. The van der Waals surface area contributed by atoms with E-state index in [0.29, 0.717) is 5.49 Å². The van der Waals surface area contributed by atoms with Crippen LogP contribution in [0.2, 0.25) is 0 Å². The molecule has 74 valence electrons. The van der Waals surface area contributed by atoms with Gasteiger partial charge in [0.05, 0.1) is 5.39 Å². The van der Waals surface area contributed by atoms with Crippen molar-refractivity contribution in [1.29, 1.82) is 5.41 Å². The van der Waals surface area contributed by atoms with Crippen molar-refractivity contribution >= 4 is 34.0 Å². The van der Waals surface area contributed by atoms with Crippen LogP contribution in [0.5, 0.6) is 0 Å². The van der Waals surface area contributed by atoms with Crippen molar-refractivity contribution < 1.29 is 0 Å². The molecule has 3 rings (SSSR count). The Morgan fingerprint density at radius 3 is 3.21 bits per heavy atom. The van der Waals surface area contributed by atoms with Crippen LogP contribution in [0.15, 0.2) is 11.4 Å². The lowest BCUT2D eigenvalue weighted by atomic mass is 10.3. The van der Waals surface area contributed by atoms with Crippen molar-refractivity contribution in [2.45, 2.75) is 19.4 Å². The Balaban J connectivity index is 0.000000750. The van der Waals surface area contributed by atoms with Gasteiger partial charge in [0.1, 0.15) is 16.1 Å². The molecule has 5 heteroatoms. The summed E-state index contributed by atoms with van der Waals surface area (Å²) in [5.74, 6) is 1.08. The molecule has 1 aliphatic heterocycles. The average molecular weight is 228 g/mol. The fourth-order valence-corrected chi connectivity index (χ4v) is 2.63. The highest BCUT2D eigenvalue weighted by atomic mass is 35.5. The third-order valence-electron chi connectivity index (χ3n) is 2.49. The second-order valence-corrected chi connectivity index (χ2v) is 4.17. The van der Waals surface area contributed by atoms with Crippen LogP contribution in [0.1, 0.15) is 12.2 Å². The number of halogens is 1. The topological polar surface area (TPSA) is 41.7 Å². The van der Waals surface area contributed by atoms with E-state index in [1.807, 2.05) is 16.0 Å². The number of nitrogens with zero attached hydrogens (tertiary/aromatic N) is 2. The van der Waals surface area contributed by atoms with Gasteiger partial charge in [-0.05, 0) is 17.9 Å². The summed E-state index contributed by atoms with van der Waals surface area (Å²) in [6, 6.07) is 1.99. The molecule has 0 bridgehead atoms. The molecule has 2 aromatic rings. The highest BCUT2D eigenvalue weighted by Gasteiger charge is 2.14. The molecule has 0 atom stereocenters. The average Bonchev–Trinajstić information content (AvgIpc) is 2.71. The van der Waals surface area contributed by atoms with E-state index in [4.69, 9.17) is 5.41 Å². The van der Waals surface area contributed by atoms with E-state index in [9.17, 15) is 0 Å². The minimum atomic E-state index is 0. The number of hydrogen-bond acceptors (Lipinski definition) is 3. The molecule has 0 fully saturated rings. The third-order valence-corrected chi connectivity index (χ3v) is 3.30. The molecular formula is C9H10ClN3S. The number of thiophene rings is 1. The summed E-state index contributed by atoms with van der Waals surface area (Å²) in [6.07, 6.45) is 2.16. The molecule has 1 N–H and O–H groups in total. The van der Waals surface area contributed by atoms with E-state index in [1.54, 1.807) is 11.3 Å². The van der Waals surface area contributed by atoms with Crippen molar-refractivity contribution in [3.8, 4) is 0 Å². The maximum atomic E-state index is 7.97. The van der Waals surface area contributed by atoms with Crippen LogP contribution in [-0.2, 0) is 13.0 Å². The molecule has 3 heterocycles. The Hall–Kier alpha value is -0.870. The molecule has 0 saturated heterocycles. The van der Waals surface area contributed by atoms with E-state index >= 15 is 0 Å². The number of hydrogen-bond donors (Lipinski definition) is 1. The van der Waals surface area contributed by atoms with Gasteiger partial charge in [-0.3, -0.25) is 5.41 Å². The number of aryl methyl sites for hydroxylation is 1. The second-order valence-electron chi connectivity index (χ2n) is 3.27. The first-order chi connectivity index (χ1) is 6.36.